The molecule has 0 bridgehead atoms. The van der Waals surface area contributed by atoms with Crippen LogP contribution in [0.3, 0.4) is 0 Å². The summed E-state index contributed by atoms with van der Waals surface area (Å²) >= 11 is 0. The van der Waals surface area contributed by atoms with E-state index in [1.807, 2.05) is 0 Å². The average molecular weight is 499 g/mol. The van der Waals surface area contributed by atoms with Gasteiger partial charge in [0.2, 0.25) is 0 Å². The van der Waals surface area contributed by atoms with E-state index in [-0.39, 0.29) is 17.4 Å². The minimum Gasteiger partial charge on any atom is -0.511 e. The lowest BCUT2D eigenvalue weighted by Crippen LogP contribution is -1.90. The molecular weight excluding hydrogens is 483 g/mol. The third kappa shape index (κ3) is 2920. The number of hydrogen-bond acceptors (Lipinski definition) is 6. The molecule has 0 fully saturated rings. The van der Waals surface area contributed by atoms with E-state index in [1.165, 1.54) is 0 Å². The van der Waals surface area contributed by atoms with E-state index >= 15 is 0 Å². The van der Waals surface area contributed by atoms with Crippen LogP contribution in [0.25, 0.3) is 0 Å². The Hall–Kier alpha value is -1.77. The third-order valence-electron chi connectivity index (χ3n) is 0. The van der Waals surface area contributed by atoms with E-state index in [9.17, 15) is 0 Å². The van der Waals surface area contributed by atoms with Crippen LogP contribution in [0.15, 0.2) is 0 Å². The van der Waals surface area contributed by atoms with Crippen molar-refractivity contribution in [1.29, 1.82) is 0 Å². The van der Waals surface area contributed by atoms with Gasteiger partial charge in [0, 0.05) is 0 Å². The molecule has 12 N–H and O–H groups in total. The lowest BCUT2D eigenvalue weighted by Gasteiger charge is -1.55. The molecule has 150 valence electrons. The molecule has 18 nitrogen and oxygen atoms in total. The molecule has 0 heterocycles. The third-order valence-corrected chi connectivity index (χ3v) is 0. The first kappa shape index (κ1) is 43.6. The predicted octanol–water partition coefficient (Wildman–Crippen LogP) is -10.9. The SMILES string of the molecule is O=[Si](O)O.O=[Si](O)O.O=[Si](O)O.O=[Si](O)O.O=[Si](O)O.O=[Si](O)O.[AlH3]. The summed E-state index contributed by atoms with van der Waals surface area (Å²) < 4.78 is 52.4. The van der Waals surface area contributed by atoms with E-state index in [2.05, 4.69) is 0 Å². The van der Waals surface area contributed by atoms with Gasteiger partial charge in [0.1, 0.15) is 0 Å². The zero-order chi connectivity index (χ0) is 21.5. The molecule has 0 unspecified atom stereocenters. The summed E-state index contributed by atoms with van der Waals surface area (Å²) in [5.41, 5.74) is 0. The van der Waals surface area contributed by atoms with Gasteiger partial charge in [-0.2, -0.15) is 0 Å². The second-order valence-corrected chi connectivity index (χ2v) is 5.09. The second-order valence-electron chi connectivity index (χ2n) is 1.70. The summed E-state index contributed by atoms with van der Waals surface area (Å²) in [6, 6.07) is 0. The summed E-state index contributed by atoms with van der Waals surface area (Å²) in [5.74, 6) is 0. The van der Waals surface area contributed by atoms with Crippen LogP contribution in [0.4, 0.5) is 0 Å². The Balaban J connectivity index is -0.0000000309. The molecule has 0 saturated carbocycles. The van der Waals surface area contributed by atoms with Gasteiger partial charge in [0.15, 0.2) is 17.4 Å². The molecule has 25 heavy (non-hydrogen) atoms. The molecule has 0 rings (SSSR count). The highest BCUT2D eigenvalue weighted by molar-refractivity contribution is 6.23. The topological polar surface area (TPSA) is 345 Å². The Morgan fingerprint density at radius 1 is 0.280 bits per heavy atom. The Morgan fingerprint density at radius 2 is 0.280 bits per heavy atom. The van der Waals surface area contributed by atoms with Gasteiger partial charge in [-0.15, -0.1) is 0 Å². The van der Waals surface area contributed by atoms with Crippen molar-refractivity contribution in [1.82, 2.24) is 0 Å². The molecule has 0 aromatic heterocycles. The molecule has 0 atom stereocenters. The summed E-state index contributed by atoms with van der Waals surface area (Å²) in [6.45, 7) is 0. The van der Waals surface area contributed by atoms with E-state index in [0.29, 0.717) is 0 Å². The molecule has 25 heteroatoms. The van der Waals surface area contributed by atoms with E-state index < -0.39 is 55.0 Å². The van der Waals surface area contributed by atoms with Crippen LogP contribution < -0.4 is 0 Å². The standard InChI is InChI=1S/Al.6H2O3Si.3H/c;6*1-4(2)3;;;/h;6*1-2H;;;. The highest BCUT2D eigenvalue weighted by atomic mass is 28.3. The van der Waals surface area contributed by atoms with Crippen molar-refractivity contribution in [3.8, 4) is 0 Å². The van der Waals surface area contributed by atoms with Gasteiger partial charge in [-0.3, -0.25) is 26.8 Å². The van der Waals surface area contributed by atoms with Crippen molar-refractivity contribution < 1.29 is 84.3 Å². The average Bonchev–Trinajstić information content (AvgIpc) is 2.08. The maximum atomic E-state index is 8.74. The molecule has 0 spiro atoms. The van der Waals surface area contributed by atoms with Crippen molar-refractivity contribution in [2.45, 2.75) is 0 Å². The number of rotatable bonds is 0. The number of hydrogen-bond donors (Lipinski definition) is 12. The lowest BCUT2D eigenvalue weighted by molar-refractivity contribution is 0.328. The molecular formula is H15AlO18Si6. The maximum absolute atomic E-state index is 8.74. The Bertz CT molecular complexity index is 257. The smallest absolute Gasteiger partial charge is 0.511 e. The van der Waals surface area contributed by atoms with Crippen LogP contribution in [-0.4, -0.2) is 130 Å². The van der Waals surface area contributed by atoms with Gasteiger partial charge in [0.05, 0.1) is 0 Å². The fraction of sp³-hybridized carbons (Fsp3) is 0. The summed E-state index contributed by atoms with van der Waals surface area (Å²) in [7, 11) is -18.8. The van der Waals surface area contributed by atoms with Crippen molar-refractivity contribution in [3.63, 3.8) is 0 Å². The lowest BCUT2D eigenvalue weighted by atomic mass is 15.8. The first-order chi connectivity index (χ1) is 10.4. The van der Waals surface area contributed by atoms with Gasteiger partial charge in [0.25, 0.3) is 0 Å². The molecule has 0 aromatic carbocycles. The minimum atomic E-state index is -3.13. The monoisotopic (exact) mass is 498 g/mol. The van der Waals surface area contributed by atoms with Gasteiger partial charge in [-0.25, -0.2) is 0 Å². The highest BCUT2D eigenvalue weighted by Gasteiger charge is 1.86. The fourth-order valence-corrected chi connectivity index (χ4v) is 0. The zero-order valence-corrected chi connectivity index (χ0v) is 16.8. The first-order valence-corrected chi connectivity index (χ1v) is 11.7. The zero-order valence-electron chi connectivity index (χ0n) is 10.8. The van der Waals surface area contributed by atoms with Gasteiger partial charge < -0.3 is 57.5 Å². The molecule has 0 saturated heterocycles. The maximum Gasteiger partial charge on any atom is 0.761 e. The summed E-state index contributed by atoms with van der Waals surface area (Å²) in [4.78, 5) is 85.9. The van der Waals surface area contributed by atoms with E-state index in [1.54, 1.807) is 0 Å². The first-order valence-electron chi connectivity index (χ1n) is 3.91. The molecule has 0 amide bonds. The van der Waals surface area contributed by atoms with Crippen molar-refractivity contribution >= 4 is 72.4 Å². The normalized spacial score (nSPS) is 5.76. The summed E-state index contributed by atoms with van der Waals surface area (Å²) in [6.07, 6.45) is 0. The van der Waals surface area contributed by atoms with Crippen LogP contribution in [0, 0.1) is 0 Å². The molecule has 0 radical (unpaired) electrons. The van der Waals surface area contributed by atoms with Gasteiger partial charge in [-0.05, 0) is 0 Å². The molecule has 0 aliphatic rings. The largest absolute Gasteiger partial charge is 0.761 e. The Kier molecular flexibility index (Phi) is 66.3. The van der Waals surface area contributed by atoms with Crippen LogP contribution in [0.5, 0.6) is 0 Å². The minimum absolute atomic E-state index is 0. The van der Waals surface area contributed by atoms with Crippen LogP contribution >= 0.6 is 0 Å². The van der Waals surface area contributed by atoms with Crippen LogP contribution in [0.2, 0.25) is 0 Å². The molecule has 0 aromatic rings. The fourth-order valence-electron chi connectivity index (χ4n) is 0. The summed E-state index contributed by atoms with van der Waals surface area (Å²) in [5, 5.41) is 0. The van der Waals surface area contributed by atoms with Gasteiger partial charge in [-0.1, -0.05) is 0 Å². The Morgan fingerprint density at radius 3 is 0.280 bits per heavy atom. The quantitative estimate of drug-likeness (QED) is 0.138. The van der Waals surface area contributed by atoms with E-state index in [0.717, 1.165) is 0 Å². The van der Waals surface area contributed by atoms with Gasteiger partial charge >= 0.3 is 55.0 Å². The van der Waals surface area contributed by atoms with Crippen molar-refractivity contribution in [3.05, 3.63) is 0 Å². The predicted molar refractivity (Wildman–Crippen MR) is 75.2 cm³/mol. The van der Waals surface area contributed by atoms with E-state index in [4.69, 9.17) is 84.3 Å². The Labute approximate surface area is 157 Å². The molecule has 0 aliphatic carbocycles. The van der Waals surface area contributed by atoms with Crippen molar-refractivity contribution in [2.75, 3.05) is 0 Å². The highest BCUT2D eigenvalue weighted by Crippen LogP contribution is 1.29. The van der Waals surface area contributed by atoms with Crippen LogP contribution in [-0.2, 0) is 26.8 Å². The van der Waals surface area contributed by atoms with Crippen molar-refractivity contribution in [2.24, 2.45) is 0 Å². The molecule has 0 aliphatic heterocycles. The van der Waals surface area contributed by atoms with Crippen LogP contribution in [0.1, 0.15) is 0 Å². The second kappa shape index (κ2) is 38.0.